The maximum Gasteiger partial charge on any atom is 0.161 e. The molecule has 4 heteroatoms. The number of aliphatic hydroxyl groups is 1. The monoisotopic (exact) mass is 538 g/mol. The van der Waals surface area contributed by atoms with E-state index in [4.69, 9.17) is 9.47 Å². The van der Waals surface area contributed by atoms with Gasteiger partial charge in [0.2, 0.25) is 0 Å². The highest BCUT2D eigenvalue weighted by Crippen LogP contribution is 2.76. The molecular weight excluding hydrogens is 484 g/mol. The molecule has 0 aromatic rings. The van der Waals surface area contributed by atoms with Crippen LogP contribution in [0.25, 0.3) is 0 Å². The fourth-order valence-electron chi connectivity index (χ4n) is 12.0. The van der Waals surface area contributed by atoms with Crippen molar-refractivity contribution in [1.29, 1.82) is 0 Å². The van der Waals surface area contributed by atoms with E-state index in [0.29, 0.717) is 35.4 Å². The average Bonchev–Trinajstić information content (AvgIpc) is 3.30. The summed E-state index contributed by atoms with van der Waals surface area (Å²) in [6.07, 6.45) is 17.2. The maximum absolute atomic E-state index is 13.0. The van der Waals surface area contributed by atoms with Gasteiger partial charge in [0, 0.05) is 12.0 Å². The van der Waals surface area contributed by atoms with E-state index < -0.39 is 0 Å². The standard InChI is InChI=1S/C35H54O4/c1-23(21-36)24-12-17-35(22-39-29-9-7-8-20-38-29)19-18-33(5)25(30(24)35)10-11-27-32(4)15-14-28(37)31(2,3)26(32)13-16-34(27,33)6/h14-15,24-27,29-30,36H,1,7-13,16-22H2,2-6H3/t24-,25+,26-,27+,29?,30+,32-,33+,34+,35+/m0/s1. The first kappa shape index (κ1) is 28.2. The molecule has 0 aromatic carbocycles. The molecule has 4 nitrogen and oxygen atoms in total. The molecule has 0 radical (unpaired) electrons. The van der Waals surface area contributed by atoms with E-state index in [0.717, 1.165) is 44.5 Å². The number of rotatable bonds is 5. The van der Waals surface area contributed by atoms with Crippen molar-refractivity contribution in [2.75, 3.05) is 19.8 Å². The Morgan fingerprint density at radius 2 is 1.77 bits per heavy atom. The molecule has 39 heavy (non-hydrogen) atoms. The first-order valence-corrected chi connectivity index (χ1v) is 16.2. The maximum atomic E-state index is 13.0. The first-order chi connectivity index (χ1) is 18.4. The number of ketones is 1. The molecule has 0 aromatic heterocycles. The van der Waals surface area contributed by atoms with Crippen LogP contribution in [0.4, 0.5) is 0 Å². The molecule has 1 unspecified atom stereocenters. The predicted molar refractivity (Wildman–Crippen MR) is 155 cm³/mol. The molecule has 6 aliphatic rings. The Morgan fingerprint density at radius 1 is 0.974 bits per heavy atom. The van der Waals surface area contributed by atoms with Gasteiger partial charge in [-0.05, 0) is 134 Å². The number of carbonyl (C=O) groups is 1. The second-order valence-corrected chi connectivity index (χ2v) is 15.9. The minimum absolute atomic E-state index is 0.0465. The second-order valence-electron chi connectivity index (χ2n) is 15.9. The third-order valence-electron chi connectivity index (χ3n) is 14.3. The fraction of sp³-hybridized carbons (Fsp3) is 0.857. The largest absolute Gasteiger partial charge is 0.392 e. The van der Waals surface area contributed by atoms with E-state index in [9.17, 15) is 9.90 Å². The van der Waals surface area contributed by atoms with Gasteiger partial charge in [0.05, 0.1) is 13.2 Å². The molecule has 10 atom stereocenters. The number of allylic oxidation sites excluding steroid dienone is 2. The van der Waals surface area contributed by atoms with E-state index in [1.807, 2.05) is 6.08 Å². The molecule has 218 valence electrons. The summed E-state index contributed by atoms with van der Waals surface area (Å²) in [6.45, 7) is 18.3. The Hall–Kier alpha value is -0.970. The lowest BCUT2D eigenvalue weighted by molar-refractivity contribution is -0.235. The molecule has 1 N–H and O–H groups in total. The SMILES string of the molecule is C=C(CO)[C@@H]1CC[C@]2(COC3CCCCO3)CC[C@]3(C)[C@H](CC[C@@H]4[C@@]5(C)C=CC(=O)C(C)(C)[C@@H]5CC[C@]43C)[C@@H]12. The normalized spacial score (nSPS) is 50.5. The van der Waals surface area contributed by atoms with Gasteiger partial charge in [0.1, 0.15) is 0 Å². The summed E-state index contributed by atoms with van der Waals surface area (Å²) in [5.41, 5.74) is 1.46. The Balaban J connectivity index is 1.34. The van der Waals surface area contributed by atoms with Crippen LogP contribution in [-0.2, 0) is 14.3 Å². The van der Waals surface area contributed by atoms with Crippen LogP contribution in [0.15, 0.2) is 24.3 Å². The molecule has 1 heterocycles. The number of fused-ring (bicyclic) bond motifs is 7. The van der Waals surface area contributed by atoms with Crippen LogP contribution in [0.2, 0.25) is 0 Å². The van der Waals surface area contributed by atoms with Crippen LogP contribution in [0.5, 0.6) is 0 Å². The van der Waals surface area contributed by atoms with Crippen LogP contribution in [0.3, 0.4) is 0 Å². The number of hydrogen-bond acceptors (Lipinski definition) is 4. The third-order valence-corrected chi connectivity index (χ3v) is 14.3. The lowest BCUT2D eigenvalue weighted by Crippen LogP contribution is -2.65. The third kappa shape index (κ3) is 3.89. The van der Waals surface area contributed by atoms with E-state index in [-0.39, 0.29) is 40.0 Å². The summed E-state index contributed by atoms with van der Waals surface area (Å²) in [5, 5.41) is 10.2. The van der Waals surface area contributed by atoms with E-state index in [1.165, 1.54) is 44.9 Å². The van der Waals surface area contributed by atoms with Crippen molar-refractivity contribution >= 4 is 5.78 Å². The van der Waals surface area contributed by atoms with Crippen molar-refractivity contribution in [3.8, 4) is 0 Å². The van der Waals surface area contributed by atoms with Gasteiger partial charge < -0.3 is 14.6 Å². The predicted octanol–water partition coefficient (Wildman–Crippen LogP) is 7.50. The lowest BCUT2D eigenvalue weighted by Gasteiger charge is -2.71. The van der Waals surface area contributed by atoms with E-state index in [1.54, 1.807) is 0 Å². The number of ether oxygens (including phenoxy) is 2. The lowest BCUT2D eigenvalue weighted by atomic mass is 9.33. The van der Waals surface area contributed by atoms with Crippen LogP contribution in [0.1, 0.15) is 105 Å². The average molecular weight is 539 g/mol. The number of aliphatic hydroxyl groups excluding tert-OH is 1. The van der Waals surface area contributed by atoms with Gasteiger partial charge in [-0.15, -0.1) is 0 Å². The Kier molecular flexibility index (Phi) is 6.88. The van der Waals surface area contributed by atoms with Crippen LogP contribution >= 0.6 is 0 Å². The summed E-state index contributed by atoms with van der Waals surface area (Å²) < 4.78 is 12.6. The molecule has 0 amide bonds. The van der Waals surface area contributed by atoms with Crippen molar-refractivity contribution in [3.05, 3.63) is 24.3 Å². The van der Waals surface area contributed by atoms with Crippen LogP contribution in [0, 0.1) is 56.7 Å². The summed E-state index contributed by atoms with van der Waals surface area (Å²) >= 11 is 0. The fourth-order valence-corrected chi connectivity index (χ4v) is 12.0. The van der Waals surface area contributed by atoms with Gasteiger partial charge in [-0.25, -0.2) is 0 Å². The Labute approximate surface area is 237 Å². The van der Waals surface area contributed by atoms with Gasteiger partial charge in [-0.3, -0.25) is 4.79 Å². The van der Waals surface area contributed by atoms with Gasteiger partial charge in [-0.2, -0.15) is 0 Å². The highest BCUT2D eigenvalue weighted by Gasteiger charge is 2.70. The van der Waals surface area contributed by atoms with E-state index in [2.05, 4.69) is 47.3 Å². The Bertz CT molecular complexity index is 1020. The number of carbonyl (C=O) groups excluding carboxylic acids is 1. The molecule has 4 saturated carbocycles. The van der Waals surface area contributed by atoms with Gasteiger partial charge >= 0.3 is 0 Å². The van der Waals surface area contributed by atoms with Crippen LogP contribution < -0.4 is 0 Å². The van der Waals surface area contributed by atoms with Gasteiger partial charge in [-0.1, -0.05) is 47.3 Å². The van der Waals surface area contributed by atoms with Crippen molar-refractivity contribution in [2.24, 2.45) is 56.7 Å². The van der Waals surface area contributed by atoms with Gasteiger partial charge in [0.15, 0.2) is 12.1 Å². The van der Waals surface area contributed by atoms with Crippen molar-refractivity contribution < 1.29 is 19.4 Å². The van der Waals surface area contributed by atoms with Crippen LogP contribution in [-0.4, -0.2) is 37.0 Å². The smallest absolute Gasteiger partial charge is 0.161 e. The molecule has 0 spiro atoms. The molecule has 0 bridgehead atoms. The van der Waals surface area contributed by atoms with Gasteiger partial charge in [0.25, 0.3) is 0 Å². The van der Waals surface area contributed by atoms with Crippen molar-refractivity contribution in [3.63, 3.8) is 0 Å². The topological polar surface area (TPSA) is 55.8 Å². The Morgan fingerprint density at radius 3 is 2.49 bits per heavy atom. The van der Waals surface area contributed by atoms with E-state index >= 15 is 0 Å². The zero-order chi connectivity index (χ0) is 27.8. The molecule has 5 fully saturated rings. The minimum Gasteiger partial charge on any atom is -0.392 e. The van der Waals surface area contributed by atoms with Crippen molar-refractivity contribution in [2.45, 2.75) is 112 Å². The summed E-state index contributed by atoms with van der Waals surface area (Å²) in [4.78, 5) is 13.0. The van der Waals surface area contributed by atoms with Crippen molar-refractivity contribution in [1.82, 2.24) is 0 Å². The minimum atomic E-state index is -0.280. The summed E-state index contributed by atoms with van der Waals surface area (Å²) in [5.74, 6) is 2.83. The second kappa shape index (κ2) is 9.53. The highest BCUT2D eigenvalue weighted by atomic mass is 16.7. The first-order valence-electron chi connectivity index (χ1n) is 16.2. The highest BCUT2D eigenvalue weighted by molar-refractivity contribution is 5.95. The quantitative estimate of drug-likeness (QED) is 0.368. The molecule has 6 rings (SSSR count). The zero-order valence-corrected chi connectivity index (χ0v) is 25.4. The molecule has 1 aliphatic heterocycles. The summed E-state index contributed by atoms with van der Waals surface area (Å²) in [6, 6.07) is 0. The molecule has 5 aliphatic carbocycles. The zero-order valence-electron chi connectivity index (χ0n) is 25.4. The molecular formula is C35H54O4. The molecule has 1 saturated heterocycles. The number of hydrogen-bond donors (Lipinski definition) is 1. The summed E-state index contributed by atoms with van der Waals surface area (Å²) in [7, 11) is 0.